The van der Waals surface area contributed by atoms with Crippen molar-refractivity contribution in [1.29, 1.82) is 0 Å². The number of carbonyl (C=O) groups excluding carboxylic acids is 1. The lowest BCUT2D eigenvalue weighted by Gasteiger charge is -1.96. The summed E-state index contributed by atoms with van der Waals surface area (Å²) in [6.45, 7) is 5.82. The van der Waals surface area contributed by atoms with Gasteiger partial charge in [-0.05, 0) is 30.5 Å². The Hall–Kier alpha value is -1.51. The van der Waals surface area contributed by atoms with E-state index in [9.17, 15) is 4.79 Å². The SMILES string of the molecule is C=Cc1[nH]c(C(N)=O)cc1CCCC. The maximum Gasteiger partial charge on any atom is 0.265 e. The Morgan fingerprint density at radius 1 is 1.71 bits per heavy atom. The van der Waals surface area contributed by atoms with E-state index in [2.05, 4.69) is 18.5 Å². The number of nitrogens with one attached hydrogen (secondary N) is 1. The molecule has 1 aromatic heterocycles. The first-order valence-corrected chi connectivity index (χ1v) is 4.83. The summed E-state index contributed by atoms with van der Waals surface area (Å²) in [5.41, 5.74) is 7.67. The van der Waals surface area contributed by atoms with Gasteiger partial charge in [-0.2, -0.15) is 0 Å². The molecule has 0 radical (unpaired) electrons. The van der Waals surface area contributed by atoms with Crippen LogP contribution in [0.4, 0.5) is 0 Å². The van der Waals surface area contributed by atoms with Gasteiger partial charge in [-0.3, -0.25) is 4.79 Å². The summed E-state index contributed by atoms with van der Waals surface area (Å²) in [6, 6.07) is 1.81. The molecule has 0 bridgehead atoms. The number of hydrogen-bond donors (Lipinski definition) is 2. The molecule has 0 saturated carbocycles. The predicted molar refractivity (Wildman–Crippen MR) is 58.0 cm³/mol. The minimum Gasteiger partial charge on any atom is -0.364 e. The van der Waals surface area contributed by atoms with Crippen LogP contribution in [-0.2, 0) is 6.42 Å². The highest BCUT2D eigenvalue weighted by Crippen LogP contribution is 2.14. The van der Waals surface area contributed by atoms with Gasteiger partial charge in [0.05, 0.1) is 0 Å². The summed E-state index contributed by atoms with van der Waals surface area (Å²) >= 11 is 0. The Kier molecular flexibility index (Phi) is 3.51. The molecule has 1 heterocycles. The van der Waals surface area contributed by atoms with E-state index in [1.54, 1.807) is 6.08 Å². The van der Waals surface area contributed by atoms with Crippen LogP contribution in [0.3, 0.4) is 0 Å². The molecule has 14 heavy (non-hydrogen) atoms. The first-order valence-electron chi connectivity index (χ1n) is 4.83. The largest absolute Gasteiger partial charge is 0.364 e. The number of hydrogen-bond acceptors (Lipinski definition) is 1. The standard InChI is InChI=1S/C11H16N2O/c1-3-5-6-8-7-10(11(12)14)13-9(8)4-2/h4,7,13H,2-3,5-6H2,1H3,(H2,12,14). The summed E-state index contributed by atoms with van der Waals surface area (Å²) in [7, 11) is 0. The van der Waals surface area contributed by atoms with E-state index in [-0.39, 0.29) is 0 Å². The average Bonchev–Trinajstić information content (AvgIpc) is 2.57. The van der Waals surface area contributed by atoms with Crippen LogP contribution in [0.15, 0.2) is 12.6 Å². The molecule has 0 saturated heterocycles. The van der Waals surface area contributed by atoms with Gasteiger partial charge in [-0.15, -0.1) is 0 Å². The third kappa shape index (κ3) is 2.25. The molecule has 0 atom stereocenters. The maximum atomic E-state index is 10.9. The fourth-order valence-corrected chi connectivity index (χ4v) is 1.40. The first-order chi connectivity index (χ1) is 6.69. The monoisotopic (exact) mass is 192 g/mol. The molecule has 3 heteroatoms. The third-order valence-electron chi connectivity index (χ3n) is 2.20. The van der Waals surface area contributed by atoms with Crippen molar-refractivity contribution < 1.29 is 4.79 Å². The second-order valence-electron chi connectivity index (χ2n) is 3.29. The van der Waals surface area contributed by atoms with Gasteiger partial charge in [-0.25, -0.2) is 0 Å². The van der Waals surface area contributed by atoms with Crippen molar-refractivity contribution in [2.24, 2.45) is 5.73 Å². The molecule has 3 N–H and O–H groups in total. The summed E-state index contributed by atoms with van der Waals surface area (Å²) in [4.78, 5) is 13.9. The number of unbranched alkanes of at least 4 members (excludes halogenated alkanes) is 1. The molecule has 0 aliphatic carbocycles. The first kappa shape index (κ1) is 10.6. The van der Waals surface area contributed by atoms with Crippen molar-refractivity contribution in [3.8, 4) is 0 Å². The third-order valence-corrected chi connectivity index (χ3v) is 2.20. The van der Waals surface area contributed by atoms with E-state index in [4.69, 9.17) is 5.73 Å². The van der Waals surface area contributed by atoms with Gasteiger partial charge in [0, 0.05) is 5.69 Å². The molecule has 3 nitrogen and oxygen atoms in total. The summed E-state index contributed by atoms with van der Waals surface area (Å²) < 4.78 is 0. The number of H-pyrrole nitrogens is 1. The number of primary amides is 1. The summed E-state index contributed by atoms with van der Waals surface area (Å²) in [6.07, 6.45) is 4.92. The molecular formula is C11H16N2O. The fourth-order valence-electron chi connectivity index (χ4n) is 1.40. The van der Waals surface area contributed by atoms with Crippen molar-refractivity contribution in [2.75, 3.05) is 0 Å². The van der Waals surface area contributed by atoms with Crippen LogP contribution >= 0.6 is 0 Å². The lowest BCUT2D eigenvalue weighted by Crippen LogP contribution is -2.10. The second kappa shape index (κ2) is 4.65. The van der Waals surface area contributed by atoms with Crippen LogP contribution in [0.1, 0.15) is 41.5 Å². The van der Waals surface area contributed by atoms with Crippen LogP contribution in [0.25, 0.3) is 6.08 Å². The summed E-state index contributed by atoms with van der Waals surface area (Å²) in [5.74, 6) is -0.421. The van der Waals surface area contributed by atoms with E-state index in [0.717, 1.165) is 30.5 Å². The van der Waals surface area contributed by atoms with Crippen LogP contribution in [0.5, 0.6) is 0 Å². The van der Waals surface area contributed by atoms with E-state index < -0.39 is 5.91 Å². The van der Waals surface area contributed by atoms with Gasteiger partial charge in [0.15, 0.2) is 0 Å². The lowest BCUT2D eigenvalue weighted by molar-refractivity contribution is 0.0996. The molecular weight excluding hydrogens is 176 g/mol. The zero-order chi connectivity index (χ0) is 10.6. The average molecular weight is 192 g/mol. The zero-order valence-corrected chi connectivity index (χ0v) is 8.47. The Labute approximate surface area is 84.0 Å². The van der Waals surface area contributed by atoms with E-state index >= 15 is 0 Å². The maximum absolute atomic E-state index is 10.9. The van der Waals surface area contributed by atoms with Crippen molar-refractivity contribution in [3.05, 3.63) is 29.6 Å². The smallest absolute Gasteiger partial charge is 0.265 e. The fraction of sp³-hybridized carbons (Fsp3) is 0.364. The van der Waals surface area contributed by atoms with Gasteiger partial charge in [-0.1, -0.05) is 19.9 Å². The van der Waals surface area contributed by atoms with E-state index in [1.165, 1.54) is 0 Å². The van der Waals surface area contributed by atoms with Crippen molar-refractivity contribution >= 4 is 12.0 Å². The quantitative estimate of drug-likeness (QED) is 0.737. The van der Waals surface area contributed by atoms with Crippen molar-refractivity contribution in [3.63, 3.8) is 0 Å². The zero-order valence-electron chi connectivity index (χ0n) is 8.47. The molecule has 1 aromatic rings. The van der Waals surface area contributed by atoms with Gasteiger partial charge in [0.1, 0.15) is 5.69 Å². The topological polar surface area (TPSA) is 58.9 Å². The molecule has 1 rings (SSSR count). The van der Waals surface area contributed by atoms with Crippen molar-refractivity contribution in [1.82, 2.24) is 4.98 Å². The highest BCUT2D eigenvalue weighted by Gasteiger charge is 2.08. The number of carbonyl (C=O) groups is 1. The molecule has 76 valence electrons. The van der Waals surface area contributed by atoms with E-state index in [1.807, 2.05) is 6.07 Å². The second-order valence-corrected chi connectivity index (χ2v) is 3.29. The number of amides is 1. The van der Waals surface area contributed by atoms with Crippen molar-refractivity contribution in [2.45, 2.75) is 26.2 Å². The minimum absolute atomic E-state index is 0.421. The summed E-state index contributed by atoms with van der Waals surface area (Å²) in [5, 5.41) is 0. The van der Waals surface area contributed by atoms with Crippen LogP contribution in [0.2, 0.25) is 0 Å². The molecule has 0 aliphatic rings. The number of aromatic nitrogens is 1. The highest BCUT2D eigenvalue weighted by molar-refractivity contribution is 5.91. The van der Waals surface area contributed by atoms with Gasteiger partial charge in [0.2, 0.25) is 0 Å². The molecule has 0 aliphatic heterocycles. The molecule has 0 aromatic carbocycles. The van der Waals surface area contributed by atoms with Crippen LogP contribution in [0, 0.1) is 0 Å². The Morgan fingerprint density at radius 2 is 2.43 bits per heavy atom. The molecule has 0 fully saturated rings. The van der Waals surface area contributed by atoms with Gasteiger partial charge in [0.25, 0.3) is 5.91 Å². The Bertz CT molecular complexity index is 339. The van der Waals surface area contributed by atoms with Gasteiger partial charge >= 0.3 is 0 Å². The predicted octanol–water partition coefficient (Wildman–Crippen LogP) is 2.10. The Morgan fingerprint density at radius 3 is 2.93 bits per heavy atom. The highest BCUT2D eigenvalue weighted by atomic mass is 16.1. The number of aromatic amines is 1. The minimum atomic E-state index is -0.421. The lowest BCUT2D eigenvalue weighted by atomic mass is 10.1. The van der Waals surface area contributed by atoms with E-state index in [0.29, 0.717) is 5.69 Å². The Balaban J connectivity index is 2.90. The number of nitrogens with two attached hydrogens (primary N) is 1. The molecule has 1 amide bonds. The molecule has 0 spiro atoms. The number of aryl methyl sites for hydroxylation is 1. The van der Waals surface area contributed by atoms with Gasteiger partial charge < -0.3 is 10.7 Å². The number of rotatable bonds is 5. The van der Waals surface area contributed by atoms with Crippen LogP contribution < -0.4 is 5.73 Å². The van der Waals surface area contributed by atoms with Crippen LogP contribution in [-0.4, -0.2) is 10.9 Å². The normalized spacial score (nSPS) is 10.1. The molecule has 0 unspecified atom stereocenters.